The summed E-state index contributed by atoms with van der Waals surface area (Å²) in [5, 5.41) is 12.5. The zero-order chi connectivity index (χ0) is 19.1. The van der Waals surface area contributed by atoms with Crippen LogP contribution in [-0.4, -0.2) is 17.0 Å². The molecule has 4 nitrogen and oxygen atoms in total. The summed E-state index contributed by atoms with van der Waals surface area (Å²) < 4.78 is 14.7. The molecule has 0 radical (unpaired) electrons. The standard InChI is InChI=1S/C20H13BrFNO3S/c21-12-6-4-10(5-7-12)14-9-15(24)23-17-16(11-2-1-3-13(22)8-11)19(20(25)26)27-18(14)17/h1-8,14H,9H2,(H,23,24)(H,25,26)/t14-/m1/s1. The molecule has 0 unspecified atom stereocenters. The minimum Gasteiger partial charge on any atom is -0.477 e. The van der Waals surface area contributed by atoms with Crippen LogP contribution in [0.15, 0.2) is 53.0 Å². The van der Waals surface area contributed by atoms with Gasteiger partial charge in [0.1, 0.15) is 10.7 Å². The molecule has 0 bridgehead atoms. The molecular formula is C20H13BrFNO3S. The van der Waals surface area contributed by atoms with Gasteiger partial charge < -0.3 is 10.4 Å². The van der Waals surface area contributed by atoms with Gasteiger partial charge in [-0.25, -0.2) is 9.18 Å². The monoisotopic (exact) mass is 445 g/mol. The molecule has 0 spiro atoms. The van der Waals surface area contributed by atoms with Crippen molar-refractivity contribution in [3.63, 3.8) is 0 Å². The Labute approximate surface area is 166 Å². The van der Waals surface area contributed by atoms with Crippen molar-refractivity contribution < 1.29 is 19.1 Å². The van der Waals surface area contributed by atoms with Crippen LogP contribution < -0.4 is 5.32 Å². The second-order valence-electron chi connectivity index (χ2n) is 6.22. The van der Waals surface area contributed by atoms with Crippen LogP contribution in [0.5, 0.6) is 0 Å². The molecular weight excluding hydrogens is 433 g/mol. The average molecular weight is 446 g/mol. The van der Waals surface area contributed by atoms with E-state index in [1.807, 2.05) is 24.3 Å². The Hall–Kier alpha value is -2.51. The largest absolute Gasteiger partial charge is 0.477 e. The maximum Gasteiger partial charge on any atom is 0.346 e. The van der Waals surface area contributed by atoms with E-state index in [4.69, 9.17) is 0 Å². The molecule has 4 rings (SSSR count). The molecule has 2 heterocycles. The van der Waals surface area contributed by atoms with Gasteiger partial charge in [-0.2, -0.15) is 0 Å². The van der Waals surface area contributed by atoms with Crippen LogP contribution in [-0.2, 0) is 4.79 Å². The number of carbonyl (C=O) groups excluding carboxylic acids is 1. The lowest BCUT2D eigenvalue weighted by Gasteiger charge is -2.24. The van der Waals surface area contributed by atoms with Gasteiger partial charge in [0, 0.05) is 27.3 Å². The van der Waals surface area contributed by atoms with Gasteiger partial charge in [-0.15, -0.1) is 11.3 Å². The van der Waals surface area contributed by atoms with Crippen molar-refractivity contribution in [1.29, 1.82) is 0 Å². The fourth-order valence-corrected chi connectivity index (χ4v) is 4.83. The summed E-state index contributed by atoms with van der Waals surface area (Å²) >= 11 is 4.53. The Morgan fingerprint density at radius 1 is 1.22 bits per heavy atom. The van der Waals surface area contributed by atoms with Crippen molar-refractivity contribution in [1.82, 2.24) is 0 Å². The number of thiophene rings is 1. The molecule has 1 atom stereocenters. The highest BCUT2D eigenvalue weighted by Gasteiger charge is 2.34. The van der Waals surface area contributed by atoms with Crippen molar-refractivity contribution in [2.24, 2.45) is 0 Å². The predicted octanol–water partition coefficient (Wildman–Crippen LogP) is 5.49. The van der Waals surface area contributed by atoms with E-state index in [1.165, 1.54) is 18.2 Å². The zero-order valence-electron chi connectivity index (χ0n) is 13.8. The third kappa shape index (κ3) is 3.28. The molecule has 1 aromatic heterocycles. The molecule has 0 saturated carbocycles. The van der Waals surface area contributed by atoms with Gasteiger partial charge in [-0.05, 0) is 35.4 Å². The Morgan fingerprint density at radius 3 is 2.63 bits per heavy atom. The summed E-state index contributed by atoms with van der Waals surface area (Å²) in [5.74, 6) is -2.00. The van der Waals surface area contributed by atoms with Crippen LogP contribution >= 0.6 is 27.3 Å². The lowest BCUT2D eigenvalue weighted by molar-refractivity contribution is -0.116. The van der Waals surface area contributed by atoms with Gasteiger partial charge in [-0.1, -0.05) is 40.2 Å². The maximum absolute atomic E-state index is 13.7. The number of fused-ring (bicyclic) bond motifs is 1. The summed E-state index contributed by atoms with van der Waals surface area (Å²) in [6.07, 6.45) is 0.233. The first-order chi connectivity index (χ1) is 12.9. The second-order valence-corrected chi connectivity index (χ2v) is 8.19. The predicted molar refractivity (Wildman–Crippen MR) is 106 cm³/mol. The van der Waals surface area contributed by atoms with E-state index in [9.17, 15) is 19.1 Å². The Kier molecular flexibility index (Phi) is 4.57. The molecule has 2 N–H and O–H groups in total. The summed E-state index contributed by atoms with van der Waals surface area (Å²) in [6, 6.07) is 13.4. The van der Waals surface area contributed by atoms with Crippen molar-refractivity contribution in [2.45, 2.75) is 12.3 Å². The van der Waals surface area contributed by atoms with Crippen LogP contribution in [0.4, 0.5) is 10.1 Å². The first kappa shape index (κ1) is 17.9. The van der Waals surface area contributed by atoms with Crippen LogP contribution in [0.2, 0.25) is 0 Å². The number of anilines is 1. The minimum absolute atomic E-state index is 0.0925. The van der Waals surface area contributed by atoms with E-state index in [-0.39, 0.29) is 23.1 Å². The number of carboxylic acid groups (broad SMARTS) is 1. The Bertz CT molecular complexity index is 1060. The Balaban J connectivity index is 1.94. The van der Waals surface area contributed by atoms with Gasteiger partial charge in [0.2, 0.25) is 5.91 Å². The van der Waals surface area contributed by atoms with E-state index in [0.717, 1.165) is 26.3 Å². The molecule has 0 aliphatic carbocycles. The molecule has 136 valence electrons. The number of rotatable bonds is 3. The van der Waals surface area contributed by atoms with E-state index >= 15 is 0 Å². The fraction of sp³-hybridized carbons (Fsp3) is 0.100. The molecule has 3 aromatic rings. The number of amides is 1. The Morgan fingerprint density at radius 2 is 1.96 bits per heavy atom. The van der Waals surface area contributed by atoms with Crippen LogP contribution in [0.25, 0.3) is 11.1 Å². The summed E-state index contributed by atoms with van der Waals surface area (Å²) in [7, 11) is 0. The van der Waals surface area contributed by atoms with E-state index < -0.39 is 11.8 Å². The quantitative estimate of drug-likeness (QED) is 0.559. The highest BCUT2D eigenvalue weighted by molar-refractivity contribution is 9.10. The number of aromatic carboxylic acids is 1. The van der Waals surface area contributed by atoms with Gasteiger partial charge in [0.25, 0.3) is 0 Å². The molecule has 2 aromatic carbocycles. The van der Waals surface area contributed by atoms with Crippen molar-refractivity contribution in [3.05, 3.63) is 74.1 Å². The van der Waals surface area contributed by atoms with Crippen molar-refractivity contribution in [3.8, 4) is 11.1 Å². The average Bonchev–Trinajstić information content (AvgIpc) is 3.01. The summed E-state index contributed by atoms with van der Waals surface area (Å²) in [6.45, 7) is 0. The molecule has 0 fully saturated rings. The number of hydrogen-bond donors (Lipinski definition) is 2. The van der Waals surface area contributed by atoms with Gasteiger partial charge in [-0.3, -0.25) is 4.79 Å². The number of carbonyl (C=O) groups is 2. The van der Waals surface area contributed by atoms with Gasteiger partial charge >= 0.3 is 5.97 Å². The second kappa shape index (κ2) is 6.90. The van der Waals surface area contributed by atoms with E-state index in [1.54, 1.807) is 6.07 Å². The SMILES string of the molecule is O=C1C[C@H](c2ccc(Br)cc2)c2sc(C(=O)O)c(-c3cccc(F)c3)c2N1. The normalized spacial score (nSPS) is 15.9. The van der Waals surface area contributed by atoms with E-state index in [2.05, 4.69) is 21.2 Å². The molecule has 1 aliphatic heterocycles. The molecule has 1 amide bonds. The number of carboxylic acids is 1. The maximum atomic E-state index is 13.7. The topological polar surface area (TPSA) is 66.4 Å². The first-order valence-electron chi connectivity index (χ1n) is 8.15. The third-order valence-electron chi connectivity index (χ3n) is 4.49. The lowest BCUT2D eigenvalue weighted by Crippen LogP contribution is -2.22. The van der Waals surface area contributed by atoms with E-state index in [0.29, 0.717) is 16.8 Å². The van der Waals surface area contributed by atoms with Gasteiger partial charge in [0.05, 0.1) is 5.69 Å². The van der Waals surface area contributed by atoms with Crippen LogP contribution in [0.1, 0.15) is 32.5 Å². The molecule has 7 heteroatoms. The number of hydrogen-bond acceptors (Lipinski definition) is 3. The molecule has 0 saturated heterocycles. The van der Waals surface area contributed by atoms with Crippen molar-refractivity contribution >= 4 is 44.8 Å². The minimum atomic E-state index is -1.10. The first-order valence-corrected chi connectivity index (χ1v) is 9.76. The zero-order valence-corrected chi connectivity index (χ0v) is 16.2. The highest BCUT2D eigenvalue weighted by atomic mass is 79.9. The summed E-state index contributed by atoms with van der Waals surface area (Å²) in [4.78, 5) is 25.1. The number of nitrogens with one attached hydrogen (secondary N) is 1. The number of halogens is 2. The number of benzene rings is 2. The van der Waals surface area contributed by atoms with Gasteiger partial charge in [0.15, 0.2) is 0 Å². The molecule has 1 aliphatic rings. The highest BCUT2D eigenvalue weighted by Crippen LogP contribution is 2.49. The molecule has 27 heavy (non-hydrogen) atoms. The summed E-state index contributed by atoms with van der Waals surface area (Å²) in [5.41, 5.74) is 2.18. The lowest BCUT2D eigenvalue weighted by atomic mass is 9.89. The fourth-order valence-electron chi connectivity index (χ4n) is 3.32. The van der Waals surface area contributed by atoms with Crippen LogP contribution in [0, 0.1) is 5.82 Å². The smallest absolute Gasteiger partial charge is 0.346 e. The van der Waals surface area contributed by atoms with Crippen molar-refractivity contribution in [2.75, 3.05) is 5.32 Å². The third-order valence-corrected chi connectivity index (χ3v) is 6.31. The van der Waals surface area contributed by atoms with Crippen LogP contribution in [0.3, 0.4) is 0 Å².